The van der Waals surface area contributed by atoms with E-state index in [0.29, 0.717) is 17.3 Å². The van der Waals surface area contributed by atoms with Crippen molar-refractivity contribution in [2.75, 3.05) is 16.8 Å². The van der Waals surface area contributed by atoms with Gasteiger partial charge in [-0.1, -0.05) is 34.8 Å². The molecule has 0 saturated carbocycles. The average Bonchev–Trinajstić information content (AvgIpc) is 2.24. The van der Waals surface area contributed by atoms with Gasteiger partial charge in [-0.25, -0.2) is 13.4 Å². The first-order valence-corrected chi connectivity index (χ1v) is 8.31. The summed E-state index contributed by atoms with van der Waals surface area (Å²) < 4.78 is 23.0. The van der Waals surface area contributed by atoms with Gasteiger partial charge in [0.15, 0.2) is 9.84 Å². The lowest BCUT2D eigenvalue weighted by atomic mass is 10.2. The smallest absolute Gasteiger partial charge is 0.152 e. The Morgan fingerprint density at radius 2 is 2.00 bits per heavy atom. The van der Waals surface area contributed by atoms with Gasteiger partial charge in [-0.15, -0.1) is 0 Å². The summed E-state index contributed by atoms with van der Waals surface area (Å²) in [7, 11) is -2.98. The molecular formula is C10H11Cl3N2O2S. The Labute approximate surface area is 121 Å². The summed E-state index contributed by atoms with van der Waals surface area (Å²) in [6, 6.07) is 1.30. The predicted molar refractivity (Wildman–Crippen MR) is 74.6 cm³/mol. The highest BCUT2D eigenvalue weighted by Gasteiger charge is 2.25. The first-order valence-electron chi connectivity index (χ1n) is 5.36. The quantitative estimate of drug-likeness (QED) is 0.847. The highest BCUT2D eigenvalue weighted by atomic mass is 35.5. The van der Waals surface area contributed by atoms with Crippen molar-refractivity contribution >= 4 is 50.5 Å². The van der Waals surface area contributed by atoms with E-state index < -0.39 is 9.84 Å². The summed E-state index contributed by atoms with van der Waals surface area (Å²) in [5, 5.41) is 3.74. The van der Waals surface area contributed by atoms with Gasteiger partial charge in [0, 0.05) is 6.04 Å². The van der Waals surface area contributed by atoms with Crippen LogP contribution in [0.2, 0.25) is 15.2 Å². The van der Waals surface area contributed by atoms with Gasteiger partial charge in [-0.3, -0.25) is 0 Å². The molecule has 1 saturated heterocycles. The van der Waals surface area contributed by atoms with Crippen LogP contribution in [0, 0.1) is 0 Å². The monoisotopic (exact) mass is 328 g/mol. The average molecular weight is 330 g/mol. The van der Waals surface area contributed by atoms with Crippen LogP contribution in [0.4, 0.5) is 5.82 Å². The molecule has 100 valence electrons. The lowest BCUT2D eigenvalue weighted by Crippen LogP contribution is -2.35. The second kappa shape index (κ2) is 5.41. The summed E-state index contributed by atoms with van der Waals surface area (Å²) >= 11 is 17.5. The highest BCUT2D eigenvalue weighted by Crippen LogP contribution is 2.30. The lowest BCUT2D eigenvalue weighted by Gasteiger charge is -2.24. The molecule has 18 heavy (non-hydrogen) atoms. The number of pyridine rings is 1. The molecule has 1 aromatic rings. The Morgan fingerprint density at radius 1 is 1.28 bits per heavy atom. The van der Waals surface area contributed by atoms with Crippen molar-refractivity contribution < 1.29 is 8.42 Å². The number of aromatic nitrogens is 1. The van der Waals surface area contributed by atoms with E-state index in [9.17, 15) is 8.42 Å². The molecule has 4 nitrogen and oxygen atoms in total. The molecule has 0 amide bonds. The Balaban J connectivity index is 2.17. The van der Waals surface area contributed by atoms with Crippen molar-refractivity contribution in [2.24, 2.45) is 0 Å². The van der Waals surface area contributed by atoms with Gasteiger partial charge in [0.1, 0.15) is 11.0 Å². The Hall–Kier alpha value is -0.230. The van der Waals surface area contributed by atoms with Crippen molar-refractivity contribution in [1.82, 2.24) is 4.98 Å². The zero-order valence-corrected chi connectivity index (χ0v) is 12.4. The molecule has 1 aliphatic heterocycles. The predicted octanol–water partition coefficient (Wildman–Crippen LogP) is 3.03. The van der Waals surface area contributed by atoms with E-state index in [1.54, 1.807) is 0 Å². The van der Waals surface area contributed by atoms with Crippen molar-refractivity contribution in [3.63, 3.8) is 0 Å². The fourth-order valence-corrected chi connectivity index (χ4v) is 4.06. The SMILES string of the molecule is O=S1(=O)CCCC(Nc2nc(Cl)c(Cl)cc2Cl)C1. The van der Waals surface area contributed by atoms with Crippen LogP contribution >= 0.6 is 34.8 Å². The van der Waals surface area contributed by atoms with Crippen LogP contribution in [0.1, 0.15) is 12.8 Å². The Morgan fingerprint density at radius 3 is 2.67 bits per heavy atom. The molecule has 1 aromatic heterocycles. The summed E-state index contributed by atoms with van der Waals surface area (Å²) in [4.78, 5) is 4.01. The van der Waals surface area contributed by atoms with Crippen molar-refractivity contribution in [3.05, 3.63) is 21.3 Å². The third-order valence-corrected chi connectivity index (χ3v) is 5.47. The molecule has 1 aliphatic rings. The number of halogens is 3. The largest absolute Gasteiger partial charge is 0.365 e. The van der Waals surface area contributed by atoms with Crippen molar-refractivity contribution in [2.45, 2.75) is 18.9 Å². The molecule has 1 N–H and O–H groups in total. The van der Waals surface area contributed by atoms with Crippen LogP contribution < -0.4 is 5.32 Å². The Kier molecular flexibility index (Phi) is 4.26. The van der Waals surface area contributed by atoms with Crippen molar-refractivity contribution in [1.29, 1.82) is 0 Å². The summed E-state index contributed by atoms with van der Waals surface area (Å²) in [6.45, 7) is 0. The lowest BCUT2D eigenvalue weighted by molar-refractivity contribution is 0.561. The fourth-order valence-electron chi connectivity index (χ4n) is 1.88. The number of rotatable bonds is 2. The van der Waals surface area contributed by atoms with Gasteiger partial charge in [-0.2, -0.15) is 0 Å². The second-order valence-corrected chi connectivity index (χ2v) is 7.59. The maximum absolute atomic E-state index is 11.5. The number of nitrogens with one attached hydrogen (secondary N) is 1. The number of sulfone groups is 1. The minimum Gasteiger partial charge on any atom is -0.365 e. The van der Waals surface area contributed by atoms with Crippen LogP contribution in [0.25, 0.3) is 0 Å². The van der Waals surface area contributed by atoms with E-state index in [1.807, 2.05) is 0 Å². The molecule has 2 heterocycles. The van der Waals surface area contributed by atoms with E-state index in [4.69, 9.17) is 34.8 Å². The molecule has 1 fully saturated rings. The van der Waals surface area contributed by atoms with Gasteiger partial charge in [0.2, 0.25) is 0 Å². The minimum absolute atomic E-state index is 0.0885. The van der Waals surface area contributed by atoms with Crippen LogP contribution in [-0.4, -0.2) is 30.9 Å². The van der Waals surface area contributed by atoms with Gasteiger partial charge in [0.25, 0.3) is 0 Å². The molecule has 0 bridgehead atoms. The zero-order valence-electron chi connectivity index (χ0n) is 9.29. The topological polar surface area (TPSA) is 59.1 Å². The third kappa shape index (κ3) is 3.41. The second-order valence-electron chi connectivity index (χ2n) is 4.19. The van der Waals surface area contributed by atoms with E-state index >= 15 is 0 Å². The van der Waals surface area contributed by atoms with Gasteiger partial charge < -0.3 is 5.32 Å². The van der Waals surface area contributed by atoms with Gasteiger partial charge >= 0.3 is 0 Å². The summed E-state index contributed by atoms with van der Waals surface area (Å²) in [5.74, 6) is 0.701. The first-order chi connectivity index (χ1) is 8.37. The molecular weight excluding hydrogens is 319 g/mol. The summed E-state index contributed by atoms with van der Waals surface area (Å²) in [6.07, 6.45) is 1.40. The summed E-state index contributed by atoms with van der Waals surface area (Å²) in [5.41, 5.74) is 0. The molecule has 0 aromatic carbocycles. The van der Waals surface area contributed by atoms with Crippen molar-refractivity contribution in [3.8, 4) is 0 Å². The highest BCUT2D eigenvalue weighted by molar-refractivity contribution is 7.91. The fraction of sp³-hybridized carbons (Fsp3) is 0.500. The molecule has 1 unspecified atom stereocenters. The van der Waals surface area contributed by atoms with E-state index in [1.165, 1.54) is 6.07 Å². The standard InChI is InChI=1S/C10H11Cl3N2O2S/c11-7-4-8(12)10(15-9(7)13)14-6-2-1-3-18(16,17)5-6/h4,6H,1-3,5H2,(H,14,15). The molecule has 0 spiro atoms. The minimum atomic E-state index is -2.98. The van der Waals surface area contributed by atoms with Crippen LogP contribution in [0.3, 0.4) is 0 Å². The first kappa shape index (κ1) is 14.2. The number of hydrogen-bond donors (Lipinski definition) is 1. The molecule has 8 heteroatoms. The maximum atomic E-state index is 11.5. The van der Waals surface area contributed by atoms with Crippen LogP contribution in [0.5, 0.6) is 0 Å². The van der Waals surface area contributed by atoms with E-state index in [-0.39, 0.29) is 27.7 Å². The van der Waals surface area contributed by atoms with Crippen LogP contribution in [-0.2, 0) is 9.84 Å². The number of nitrogens with zero attached hydrogens (tertiary/aromatic N) is 1. The molecule has 1 atom stereocenters. The number of anilines is 1. The van der Waals surface area contributed by atoms with Gasteiger partial charge in [-0.05, 0) is 18.9 Å². The third-order valence-electron chi connectivity index (χ3n) is 2.69. The van der Waals surface area contributed by atoms with Crippen LogP contribution in [0.15, 0.2) is 6.07 Å². The Bertz CT molecular complexity index is 562. The molecule has 2 rings (SSSR count). The van der Waals surface area contributed by atoms with E-state index in [0.717, 1.165) is 6.42 Å². The molecule has 0 aliphatic carbocycles. The maximum Gasteiger partial charge on any atom is 0.152 e. The zero-order chi connectivity index (χ0) is 13.3. The van der Waals surface area contributed by atoms with E-state index in [2.05, 4.69) is 10.3 Å². The van der Waals surface area contributed by atoms with Gasteiger partial charge in [0.05, 0.1) is 21.6 Å². The molecule has 0 radical (unpaired) electrons. The number of hydrogen-bond acceptors (Lipinski definition) is 4. The normalized spacial score (nSPS) is 22.7.